The van der Waals surface area contributed by atoms with Gasteiger partial charge in [0.15, 0.2) is 11.5 Å². The Morgan fingerprint density at radius 1 is 0.931 bits per heavy atom. The molecule has 0 atom stereocenters. The molecule has 1 saturated carbocycles. The first kappa shape index (κ1) is 19.3. The van der Waals surface area contributed by atoms with Crippen LogP contribution in [-0.2, 0) is 16.0 Å². The maximum Gasteiger partial charge on any atom is 0.231 e. The molecule has 0 unspecified atom stereocenters. The fourth-order valence-electron chi connectivity index (χ4n) is 3.85. The summed E-state index contributed by atoms with van der Waals surface area (Å²) in [4.78, 5) is 29.7. The van der Waals surface area contributed by atoms with Crippen LogP contribution in [0, 0.1) is 5.92 Å². The van der Waals surface area contributed by atoms with E-state index in [0.717, 1.165) is 36.2 Å². The van der Waals surface area contributed by atoms with Crippen LogP contribution in [-0.4, -0.2) is 39.1 Å². The third-order valence-electron chi connectivity index (χ3n) is 5.52. The van der Waals surface area contributed by atoms with Gasteiger partial charge in [-0.15, -0.1) is 0 Å². The van der Waals surface area contributed by atoms with Crippen molar-refractivity contribution in [2.24, 2.45) is 5.92 Å². The van der Waals surface area contributed by atoms with Crippen LogP contribution < -0.4 is 19.3 Å². The van der Waals surface area contributed by atoms with Crippen molar-refractivity contribution in [2.75, 3.05) is 37.1 Å². The average Bonchev–Trinajstić information content (AvgIpc) is 3.59. The van der Waals surface area contributed by atoms with Crippen molar-refractivity contribution in [3.8, 4) is 11.5 Å². The summed E-state index contributed by atoms with van der Waals surface area (Å²) in [6.07, 6.45) is 2.95. The molecule has 1 heterocycles. The predicted octanol–water partition coefficient (Wildman–Crippen LogP) is 3.43. The quantitative estimate of drug-likeness (QED) is 0.780. The minimum absolute atomic E-state index is 0.00499. The molecule has 0 bridgehead atoms. The summed E-state index contributed by atoms with van der Waals surface area (Å²) in [6, 6.07) is 13.2. The molecule has 0 radical (unpaired) electrons. The van der Waals surface area contributed by atoms with Crippen LogP contribution in [0.15, 0.2) is 42.5 Å². The van der Waals surface area contributed by atoms with E-state index in [9.17, 15) is 9.59 Å². The molecule has 1 aliphatic carbocycles. The number of hydrogen-bond acceptors (Lipinski definition) is 4. The van der Waals surface area contributed by atoms with E-state index in [2.05, 4.69) is 0 Å². The zero-order chi connectivity index (χ0) is 20.4. The molecule has 29 heavy (non-hydrogen) atoms. The third-order valence-corrected chi connectivity index (χ3v) is 5.52. The molecule has 0 N–H and O–H groups in total. The number of carbonyl (C=O) groups excluding carboxylic acids is 2. The van der Waals surface area contributed by atoms with Crippen LogP contribution in [0.5, 0.6) is 11.5 Å². The van der Waals surface area contributed by atoms with Crippen molar-refractivity contribution in [3.05, 3.63) is 48.0 Å². The normalized spacial score (nSPS) is 16.1. The molecular formula is C23H26N2O4. The Morgan fingerprint density at radius 3 is 2.24 bits per heavy atom. The molecule has 1 aliphatic heterocycles. The number of nitrogens with zero attached hydrogens (tertiary/aromatic N) is 2. The van der Waals surface area contributed by atoms with E-state index >= 15 is 0 Å². The molecule has 6 heteroatoms. The number of para-hydroxylation sites is 2. The molecule has 2 aliphatic rings. The highest BCUT2D eigenvalue weighted by atomic mass is 16.5. The van der Waals surface area contributed by atoms with Gasteiger partial charge in [0.2, 0.25) is 11.8 Å². The first-order chi connectivity index (χ1) is 14.1. The molecular weight excluding hydrogens is 368 g/mol. The lowest BCUT2D eigenvalue weighted by Crippen LogP contribution is -2.33. The highest BCUT2D eigenvalue weighted by Gasteiger charge is 2.36. The summed E-state index contributed by atoms with van der Waals surface area (Å²) < 4.78 is 10.6. The maximum atomic E-state index is 13.2. The summed E-state index contributed by atoms with van der Waals surface area (Å²) in [5.74, 6) is 1.59. The van der Waals surface area contributed by atoms with Gasteiger partial charge in [-0.05, 0) is 49.1 Å². The zero-order valence-corrected chi connectivity index (χ0v) is 16.9. The summed E-state index contributed by atoms with van der Waals surface area (Å²) >= 11 is 0. The molecule has 0 spiro atoms. The maximum absolute atomic E-state index is 13.2. The first-order valence-electron chi connectivity index (χ1n) is 10.0. The van der Waals surface area contributed by atoms with Crippen molar-refractivity contribution < 1.29 is 19.1 Å². The van der Waals surface area contributed by atoms with Gasteiger partial charge < -0.3 is 19.3 Å². The molecule has 4 rings (SSSR count). The minimum Gasteiger partial charge on any atom is -0.493 e. The second kappa shape index (κ2) is 8.15. The number of carbonyl (C=O) groups is 2. The standard InChI is InChI=1S/C23H26N2O4/c1-28-20-11-8-16(14-21(20)29-2)15-22(26)24-12-5-13-25(23(27)17-9-10-17)19-7-4-3-6-18(19)24/h3-4,6-8,11,14,17H,5,9-10,12-13,15H2,1-2H3. The number of anilines is 2. The van der Waals surface area contributed by atoms with Crippen LogP contribution in [0.1, 0.15) is 24.8 Å². The van der Waals surface area contributed by atoms with Crippen molar-refractivity contribution in [1.29, 1.82) is 0 Å². The van der Waals surface area contributed by atoms with Gasteiger partial charge in [0.25, 0.3) is 0 Å². The SMILES string of the molecule is COc1ccc(CC(=O)N2CCCN(C(=O)C3CC3)c3ccccc32)cc1OC. The van der Waals surface area contributed by atoms with Gasteiger partial charge in [0, 0.05) is 19.0 Å². The Labute approximate surface area is 171 Å². The van der Waals surface area contributed by atoms with E-state index in [4.69, 9.17) is 9.47 Å². The predicted molar refractivity (Wildman–Crippen MR) is 112 cm³/mol. The second-order valence-electron chi connectivity index (χ2n) is 7.52. The Hall–Kier alpha value is -3.02. The fourth-order valence-corrected chi connectivity index (χ4v) is 3.85. The summed E-state index contributed by atoms with van der Waals surface area (Å²) in [7, 11) is 3.17. The van der Waals surface area contributed by atoms with Crippen molar-refractivity contribution in [2.45, 2.75) is 25.7 Å². The van der Waals surface area contributed by atoms with Crippen LogP contribution in [0.2, 0.25) is 0 Å². The van der Waals surface area contributed by atoms with Crippen LogP contribution >= 0.6 is 0 Å². The van der Waals surface area contributed by atoms with Gasteiger partial charge >= 0.3 is 0 Å². The number of rotatable bonds is 5. The summed E-state index contributed by atoms with van der Waals surface area (Å²) in [6.45, 7) is 1.24. The number of fused-ring (bicyclic) bond motifs is 1. The van der Waals surface area contributed by atoms with Gasteiger partial charge in [-0.2, -0.15) is 0 Å². The highest BCUT2D eigenvalue weighted by Crippen LogP contribution is 2.38. The minimum atomic E-state index is 0.00499. The molecule has 0 saturated heterocycles. The van der Waals surface area contributed by atoms with E-state index in [1.165, 1.54) is 0 Å². The van der Waals surface area contributed by atoms with Gasteiger partial charge in [-0.25, -0.2) is 0 Å². The molecule has 152 valence electrons. The Morgan fingerprint density at radius 2 is 1.59 bits per heavy atom. The number of benzene rings is 2. The van der Waals surface area contributed by atoms with Crippen LogP contribution in [0.4, 0.5) is 11.4 Å². The number of hydrogen-bond donors (Lipinski definition) is 0. The molecule has 2 amide bonds. The van der Waals surface area contributed by atoms with E-state index in [1.807, 2.05) is 52.3 Å². The van der Waals surface area contributed by atoms with Crippen molar-refractivity contribution in [3.63, 3.8) is 0 Å². The number of methoxy groups -OCH3 is 2. The lowest BCUT2D eigenvalue weighted by molar-refractivity contribution is -0.120. The molecule has 2 aromatic rings. The second-order valence-corrected chi connectivity index (χ2v) is 7.52. The van der Waals surface area contributed by atoms with Gasteiger partial charge in [-0.3, -0.25) is 9.59 Å². The monoisotopic (exact) mass is 394 g/mol. The lowest BCUT2D eigenvalue weighted by atomic mass is 10.1. The highest BCUT2D eigenvalue weighted by molar-refractivity contribution is 6.04. The van der Waals surface area contributed by atoms with E-state index in [1.54, 1.807) is 14.2 Å². The Bertz CT molecular complexity index is 923. The number of ether oxygens (including phenoxy) is 2. The Balaban J connectivity index is 1.59. The largest absolute Gasteiger partial charge is 0.493 e. The zero-order valence-electron chi connectivity index (χ0n) is 16.9. The van der Waals surface area contributed by atoms with E-state index in [-0.39, 0.29) is 24.2 Å². The summed E-state index contributed by atoms with van der Waals surface area (Å²) in [5, 5.41) is 0. The van der Waals surface area contributed by atoms with Gasteiger partial charge in [-0.1, -0.05) is 18.2 Å². The van der Waals surface area contributed by atoms with Crippen LogP contribution in [0.25, 0.3) is 0 Å². The molecule has 2 aromatic carbocycles. The van der Waals surface area contributed by atoms with E-state index in [0.29, 0.717) is 24.6 Å². The van der Waals surface area contributed by atoms with Crippen molar-refractivity contribution in [1.82, 2.24) is 0 Å². The number of amides is 2. The van der Waals surface area contributed by atoms with Gasteiger partial charge in [0.05, 0.1) is 32.0 Å². The Kier molecular flexibility index (Phi) is 5.43. The fraction of sp³-hybridized carbons (Fsp3) is 0.391. The smallest absolute Gasteiger partial charge is 0.231 e. The van der Waals surface area contributed by atoms with E-state index < -0.39 is 0 Å². The first-order valence-corrected chi connectivity index (χ1v) is 10.0. The van der Waals surface area contributed by atoms with Crippen molar-refractivity contribution >= 4 is 23.2 Å². The molecule has 0 aromatic heterocycles. The van der Waals surface area contributed by atoms with Crippen LogP contribution in [0.3, 0.4) is 0 Å². The van der Waals surface area contributed by atoms with Gasteiger partial charge in [0.1, 0.15) is 0 Å². The summed E-state index contributed by atoms with van der Waals surface area (Å²) in [5.41, 5.74) is 2.51. The third kappa shape index (κ3) is 3.92. The molecule has 6 nitrogen and oxygen atoms in total. The lowest BCUT2D eigenvalue weighted by Gasteiger charge is -2.25. The topological polar surface area (TPSA) is 59.1 Å². The molecule has 1 fully saturated rings. The average molecular weight is 394 g/mol.